The van der Waals surface area contributed by atoms with Crippen molar-refractivity contribution in [1.29, 1.82) is 0 Å². The molecule has 5 heteroatoms. The number of thioether (sulfide) groups is 1. The van der Waals surface area contributed by atoms with E-state index in [2.05, 4.69) is 27.0 Å². The molecule has 0 fully saturated rings. The highest BCUT2D eigenvalue weighted by Gasteiger charge is 2.05. The third-order valence-corrected chi connectivity index (χ3v) is 4.65. The van der Waals surface area contributed by atoms with Crippen molar-refractivity contribution in [3.05, 3.63) is 52.1 Å². The molecule has 19 heavy (non-hydrogen) atoms. The van der Waals surface area contributed by atoms with Crippen LogP contribution in [0, 0.1) is 0 Å². The minimum Gasteiger partial charge on any atom is -0.496 e. The van der Waals surface area contributed by atoms with E-state index in [1.54, 1.807) is 25.1 Å². The summed E-state index contributed by atoms with van der Waals surface area (Å²) in [6, 6.07) is 10.0. The van der Waals surface area contributed by atoms with Gasteiger partial charge in [0.15, 0.2) is 0 Å². The first-order chi connectivity index (χ1) is 9.24. The van der Waals surface area contributed by atoms with Crippen LogP contribution >= 0.6 is 27.7 Å². The van der Waals surface area contributed by atoms with Gasteiger partial charge in [0.1, 0.15) is 10.8 Å². The Morgan fingerprint density at radius 3 is 2.89 bits per heavy atom. The summed E-state index contributed by atoms with van der Waals surface area (Å²) in [6.45, 7) is 0.488. The molecule has 1 aromatic carbocycles. The molecule has 0 bridgehead atoms. The highest BCUT2D eigenvalue weighted by molar-refractivity contribution is 9.10. The molecule has 0 aliphatic carbocycles. The minimum absolute atomic E-state index is 0.488. The number of aromatic nitrogens is 1. The molecule has 0 unspecified atom stereocenters. The van der Waals surface area contributed by atoms with Crippen molar-refractivity contribution in [3.8, 4) is 5.75 Å². The predicted octanol–water partition coefficient (Wildman–Crippen LogP) is 3.60. The van der Waals surface area contributed by atoms with Crippen molar-refractivity contribution in [1.82, 2.24) is 4.98 Å². The van der Waals surface area contributed by atoms with Crippen molar-refractivity contribution in [2.75, 3.05) is 7.11 Å². The molecule has 1 aromatic heterocycles. The molecule has 0 spiro atoms. The zero-order valence-corrected chi connectivity index (χ0v) is 13.0. The van der Waals surface area contributed by atoms with Gasteiger partial charge in [0.25, 0.3) is 0 Å². The van der Waals surface area contributed by atoms with Gasteiger partial charge >= 0.3 is 0 Å². The number of nitrogens with two attached hydrogens (primary N) is 1. The Balaban J connectivity index is 2.10. The summed E-state index contributed by atoms with van der Waals surface area (Å²) < 4.78 is 6.36. The van der Waals surface area contributed by atoms with E-state index in [1.807, 2.05) is 24.3 Å². The first-order valence-electron chi connectivity index (χ1n) is 5.83. The van der Waals surface area contributed by atoms with Crippen LogP contribution in [0.5, 0.6) is 5.75 Å². The Morgan fingerprint density at radius 2 is 2.21 bits per heavy atom. The second-order valence-corrected chi connectivity index (χ2v) is 5.75. The molecule has 2 aromatic rings. The van der Waals surface area contributed by atoms with Crippen LogP contribution in [-0.4, -0.2) is 12.1 Å². The molecule has 0 atom stereocenters. The van der Waals surface area contributed by atoms with Gasteiger partial charge < -0.3 is 10.5 Å². The highest BCUT2D eigenvalue weighted by atomic mass is 79.9. The fourth-order valence-electron chi connectivity index (χ4n) is 1.68. The monoisotopic (exact) mass is 338 g/mol. The standard InChI is InChI=1S/C14H15BrN2OS/c1-18-13-7-10(4-5-11(13)8-16)9-19-14-12(15)3-2-6-17-14/h2-7H,8-9,16H2,1H3. The van der Waals surface area contributed by atoms with Crippen LogP contribution in [0.3, 0.4) is 0 Å². The number of methoxy groups -OCH3 is 1. The van der Waals surface area contributed by atoms with E-state index in [1.165, 1.54) is 5.56 Å². The van der Waals surface area contributed by atoms with E-state index in [4.69, 9.17) is 10.5 Å². The number of rotatable bonds is 5. The molecule has 0 saturated carbocycles. The number of hydrogen-bond acceptors (Lipinski definition) is 4. The Hall–Kier alpha value is -1.04. The highest BCUT2D eigenvalue weighted by Crippen LogP contribution is 2.29. The van der Waals surface area contributed by atoms with Crippen molar-refractivity contribution in [2.45, 2.75) is 17.3 Å². The second-order valence-electron chi connectivity index (χ2n) is 3.93. The maximum absolute atomic E-state index is 5.66. The molecular formula is C14H15BrN2OS. The third-order valence-electron chi connectivity index (χ3n) is 2.67. The first kappa shape index (κ1) is 14.4. The van der Waals surface area contributed by atoms with Crippen molar-refractivity contribution >= 4 is 27.7 Å². The van der Waals surface area contributed by atoms with Crippen LogP contribution in [-0.2, 0) is 12.3 Å². The fourth-order valence-corrected chi connectivity index (χ4v) is 3.10. The van der Waals surface area contributed by atoms with Crippen LogP contribution < -0.4 is 10.5 Å². The lowest BCUT2D eigenvalue weighted by atomic mass is 10.1. The summed E-state index contributed by atoms with van der Waals surface area (Å²) in [5, 5.41) is 0.990. The Bertz CT molecular complexity index is 563. The lowest BCUT2D eigenvalue weighted by Gasteiger charge is -2.09. The summed E-state index contributed by atoms with van der Waals surface area (Å²) in [7, 11) is 1.67. The lowest BCUT2D eigenvalue weighted by Crippen LogP contribution is -2.00. The molecule has 100 valence electrons. The maximum Gasteiger partial charge on any atom is 0.123 e. The third kappa shape index (κ3) is 3.72. The summed E-state index contributed by atoms with van der Waals surface area (Å²) in [5.74, 6) is 1.69. The molecule has 0 aliphatic rings. The number of halogens is 1. The van der Waals surface area contributed by atoms with Crippen molar-refractivity contribution in [3.63, 3.8) is 0 Å². The zero-order chi connectivity index (χ0) is 13.7. The molecular weight excluding hydrogens is 324 g/mol. The van der Waals surface area contributed by atoms with Gasteiger partial charge in [0, 0.05) is 28.5 Å². The average molecular weight is 339 g/mol. The van der Waals surface area contributed by atoms with Crippen LogP contribution in [0.4, 0.5) is 0 Å². The van der Waals surface area contributed by atoms with Crippen LogP contribution in [0.2, 0.25) is 0 Å². The van der Waals surface area contributed by atoms with Gasteiger partial charge in [0.2, 0.25) is 0 Å². The Labute approximate surface area is 125 Å². The minimum atomic E-state index is 0.488. The van der Waals surface area contributed by atoms with Crippen LogP contribution in [0.1, 0.15) is 11.1 Å². The van der Waals surface area contributed by atoms with E-state index >= 15 is 0 Å². The zero-order valence-electron chi connectivity index (χ0n) is 10.6. The Morgan fingerprint density at radius 1 is 1.37 bits per heavy atom. The summed E-state index contributed by atoms with van der Waals surface area (Å²) in [6.07, 6.45) is 1.80. The lowest BCUT2D eigenvalue weighted by molar-refractivity contribution is 0.409. The van der Waals surface area contributed by atoms with E-state index in [-0.39, 0.29) is 0 Å². The van der Waals surface area contributed by atoms with E-state index < -0.39 is 0 Å². The van der Waals surface area contributed by atoms with Crippen LogP contribution in [0.15, 0.2) is 46.0 Å². The molecule has 2 rings (SSSR count). The smallest absolute Gasteiger partial charge is 0.123 e. The summed E-state index contributed by atoms with van der Waals surface area (Å²) in [5.41, 5.74) is 7.87. The van der Waals surface area contributed by atoms with E-state index in [0.29, 0.717) is 6.54 Å². The molecule has 0 radical (unpaired) electrons. The normalized spacial score (nSPS) is 10.5. The van der Waals surface area contributed by atoms with Crippen molar-refractivity contribution in [2.24, 2.45) is 5.73 Å². The van der Waals surface area contributed by atoms with E-state index in [9.17, 15) is 0 Å². The van der Waals surface area contributed by atoms with Crippen LogP contribution in [0.25, 0.3) is 0 Å². The number of benzene rings is 1. The fraction of sp³-hybridized carbons (Fsp3) is 0.214. The van der Waals surface area contributed by atoms with Gasteiger partial charge in [-0.05, 0) is 39.7 Å². The number of hydrogen-bond donors (Lipinski definition) is 1. The van der Waals surface area contributed by atoms with Gasteiger partial charge in [0.05, 0.1) is 7.11 Å². The predicted molar refractivity (Wildman–Crippen MR) is 82.4 cm³/mol. The second kappa shape index (κ2) is 6.93. The molecule has 2 N–H and O–H groups in total. The summed E-state index contributed by atoms with van der Waals surface area (Å²) in [4.78, 5) is 4.33. The quantitative estimate of drug-likeness (QED) is 0.846. The van der Waals surface area contributed by atoms with Gasteiger partial charge in [-0.25, -0.2) is 4.98 Å². The SMILES string of the molecule is COc1cc(CSc2ncccc2Br)ccc1CN. The first-order valence-corrected chi connectivity index (χ1v) is 7.61. The maximum atomic E-state index is 5.66. The number of ether oxygens (including phenoxy) is 1. The molecule has 0 aliphatic heterocycles. The van der Waals surface area contributed by atoms with Gasteiger partial charge in [-0.1, -0.05) is 12.1 Å². The number of pyridine rings is 1. The average Bonchev–Trinajstić information content (AvgIpc) is 2.46. The molecule has 0 saturated heterocycles. The van der Waals surface area contributed by atoms with E-state index in [0.717, 1.165) is 26.6 Å². The molecule has 0 amide bonds. The van der Waals surface area contributed by atoms with Gasteiger partial charge in [-0.15, -0.1) is 11.8 Å². The van der Waals surface area contributed by atoms with Crippen molar-refractivity contribution < 1.29 is 4.74 Å². The largest absolute Gasteiger partial charge is 0.496 e. The summed E-state index contributed by atoms with van der Waals surface area (Å²) >= 11 is 5.18. The topological polar surface area (TPSA) is 48.1 Å². The molecule has 3 nitrogen and oxygen atoms in total. The molecule has 1 heterocycles. The van der Waals surface area contributed by atoms with Gasteiger partial charge in [-0.3, -0.25) is 0 Å². The Kier molecular flexibility index (Phi) is 5.24. The number of nitrogens with zero attached hydrogens (tertiary/aromatic N) is 1. The van der Waals surface area contributed by atoms with Gasteiger partial charge in [-0.2, -0.15) is 0 Å².